The molecule has 0 spiro atoms. The third-order valence-corrected chi connectivity index (χ3v) is 4.90. The van der Waals surface area contributed by atoms with Crippen molar-refractivity contribution in [1.82, 2.24) is 4.90 Å². The number of fused-ring (bicyclic) bond motifs is 1. The summed E-state index contributed by atoms with van der Waals surface area (Å²) in [6.45, 7) is 5.47. The monoisotopic (exact) mass is 323 g/mol. The molecule has 0 radical (unpaired) electrons. The smallest absolute Gasteiger partial charge is 0.0423 e. The highest BCUT2D eigenvalue weighted by Gasteiger charge is 2.29. The van der Waals surface area contributed by atoms with Gasteiger partial charge in [-0.15, -0.1) is 0 Å². The number of nitrogens with two attached hydrogens (primary N) is 1. The van der Waals surface area contributed by atoms with Gasteiger partial charge >= 0.3 is 0 Å². The number of nitrogens with zero attached hydrogens (tertiary/aromatic N) is 2. The molecule has 3 nitrogen and oxygen atoms in total. The normalized spacial score (nSPS) is 24.3. The Kier molecular flexibility index (Phi) is 4.10. The SMILES string of the molecule is NCc1ccc(Br)cc1N1CCCN2CCCC2C1. The van der Waals surface area contributed by atoms with Crippen LogP contribution < -0.4 is 10.6 Å². The first-order valence-corrected chi connectivity index (χ1v) is 8.05. The van der Waals surface area contributed by atoms with Gasteiger partial charge in [0.15, 0.2) is 0 Å². The van der Waals surface area contributed by atoms with Crippen LogP contribution >= 0.6 is 15.9 Å². The Morgan fingerprint density at radius 2 is 2.05 bits per heavy atom. The van der Waals surface area contributed by atoms with E-state index in [1.807, 2.05) is 0 Å². The first-order chi connectivity index (χ1) is 9.28. The Balaban J connectivity index is 1.86. The summed E-state index contributed by atoms with van der Waals surface area (Å²) in [4.78, 5) is 5.21. The summed E-state index contributed by atoms with van der Waals surface area (Å²) in [6, 6.07) is 7.21. The van der Waals surface area contributed by atoms with Crippen LogP contribution in [0.25, 0.3) is 0 Å². The fraction of sp³-hybridized carbons (Fsp3) is 0.600. The van der Waals surface area contributed by atoms with E-state index < -0.39 is 0 Å². The zero-order chi connectivity index (χ0) is 13.2. The Bertz CT molecular complexity index is 449. The zero-order valence-corrected chi connectivity index (χ0v) is 12.9. The molecule has 1 aromatic rings. The molecule has 1 unspecified atom stereocenters. The van der Waals surface area contributed by atoms with Gasteiger partial charge in [0.25, 0.3) is 0 Å². The van der Waals surface area contributed by atoms with Gasteiger partial charge < -0.3 is 10.6 Å². The lowest BCUT2D eigenvalue weighted by Gasteiger charge is -2.29. The van der Waals surface area contributed by atoms with E-state index in [0.29, 0.717) is 6.54 Å². The quantitative estimate of drug-likeness (QED) is 0.908. The minimum absolute atomic E-state index is 0.619. The molecule has 4 heteroatoms. The second kappa shape index (κ2) is 5.81. The second-order valence-corrected chi connectivity index (χ2v) is 6.52. The largest absolute Gasteiger partial charge is 0.370 e. The lowest BCUT2D eigenvalue weighted by atomic mass is 10.1. The maximum atomic E-state index is 5.90. The predicted octanol–water partition coefficient (Wildman–Crippen LogP) is 2.58. The van der Waals surface area contributed by atoms with Gasteiger partial charge in [0, 0.05) is 42.4 Å². The van der Waals surface area contributed by atoms with Crippen LogP contribution in [0, 0.1) is 0 Å². The molecule has 2 aliphatic rings. The van der Waals surface area contributed by atoms with Gasteiger partial charge in [0.2, 0.25) is 0 Å². The summed E-state index contributed by atoms with van der Waals surface area (Å²) in [6.07, 6.45) is 3.97. The fourth-order valence-corrected chi connectivity index (χ4v) is 3.78. The highest BCUT2D eigenvalue weighted by Crippen LogP contribution is 2.29. The van der Waals surface area contributed by atoms with Crippen molar-refractivity contribution in [3.63, 3.8) is 0 Å². The van der Waals surface area contributed by atoms with Crippen molar-refractivity contribution in [3.8, 4) is 0 Å². The van der Waals surface area contributed by atoms with Crippen molar-refractivity contribution in [3.05, 3.63) is 28.2 Å². The highest BCUT2D eigenvalue weighted by atomic mass is 79.9. The average Bonchev–Trinajstić information content (AvgIpc) is 2.76. The number of benzene rings is 1. The third kappa shape index (κ3) is 2.81. The molecule has 104 valence electrons. The van der Waals surface area contributed by atoms with Crippen LogP contribution in [0.5, 0.6) is 0 Å². The van der Waals surface area contributed by atoms with E-state index in [9.17, 15) is 0 Å². The van der Waals surface area contributed by atoms with E-state index in [1.54, 1.807) is 0 Å². The molecule has 2 aliphatic heterocycles. The van der Waals surface area contributed by atoms with Crippen LogP contribution in [0.4, 0.5) is 5.69 Å². The van der Waals surface area contributed by atoms with Crippen molar-refractivity contribution in [2.45, 2.75) is 31.8 Å². The van der Waals surface area contributed by atoms with Crippen molar-refractivity contribution in [1.29, 1.82) is 0 Å². The molecule has 2 fully saturated rings. The van der Waals surface area contributed by atoms with Crippen LogP contribution in [-0.2, 0) is 6.54 Å². The van der Waals surface area contributed by atoms with Crippen molar-refractivity contribution in [2.75, 3.05) is 31.1 Å². The first-order valence-electron chi connectivity index (χ1n) is 7.25. The minimum Gasteiger partial charge on any atom is -0.370 e. The summed E-state index contributed by atoms with van der Waals surface area (Å²) >= 11 is 3.59. The van der Waals surface area contributed by atoms with Crippen LogP contribution in [0.1, 0.15) is 24.8 Å². The maximum absolute atomic E-state index is 5.90. The van der Waals surface area contributed by atoms with Gasteiger partial charge in [-0.1, -0.05) is 22.0 Å². The number of hydrogen-bond acceptors (Lipinski definition) is 3. The Morgan fingerprint density at radius 3 is 2.89 bits per heavy atom. The molecule has 1 aromatic carbocycles. The van der Waals surface area contributed by atoms with E-state index in [2.05, 4.69) is 43.9 Å². The summed E-state index contributed by atoms with van der Waals surface area (Å²) < 4.78 is 1.15. The molecule has 1 atom stereocenters. The summed E-state index contributed by atoms with van der Waals surface area (Å²) in [5.41, 5.74) is 8.48. The van der Waals surface area contributed by atoms with E-state index in [4.69, 9.17) is 5.73 Å². The molecule has 2 N–H and O–H groups in total. The lowest BCUT2D eigenvalue weighted by Crippen LogP contribution is -2.37. The average molecular weight is 324 g/mol. The van der Waals surface area contributed by atoms with Crippen LogP contribution in [0.15, 0.2) is 22.7 Å². The molecule has 0 bridgehead atoms. The summed E-state index contributed by atoms with van der Waals surface area (Å²) in [5.74, 6) is 0. The number of anilines is 1. The molecule has 19 heavy (non-hydrogen) atoms. The summed E-state index contributed by atoms with van der Waals surface area (Å²) in [5, 5.41) is 0. The summed E-state index contributed by atoms with van der Waals surface area (Å²) in [7, 11) is 0. The highest BCUT2D eigenvalue weighted by molar-refractivity contribution is 9.10. The molecular formula is C15H22BrN3. The minimum atomic E-state index is 0.619. The molecule has 0 saturated carbocycles. The van der Waals surface area contributed by atoms with Gasteiger partial charge in [-0.25, -0.2) is 0 Å². The third-order valence-electron chi connectivity index (χ3n) is 4.41. The Morgan fingerprint density at radius 1 is 1.21 bits per heavy atom. The Labute approximate surface area is 123 Å². The van der Waals surface area contributed by atoms with E-state index in [-0.39, 0.29) is 0 Å². The standard InChI is InChI=1S/C15H22BrN3/c16-13-5-4-12(10-17)15(9-13)19-8-2-7-18-6-1-3-14(18)11-19/h4-5,9,14H,1-3,6-8,10-11,17H2. The van der Waals surface area contributed by atoms with Gasteiger partial charge in [-0.3, -0.25) is 4.90 Å². The first kappa shape index (κ1) is 13.4. The van der Waals surface area contributed by atoms with Gasteiger partial charge in [-0.2, -0.15) is 0 Å². The molecule has 0 aliphatic carbocycles. The van der Waals surface area contributed by atoms with Crippen LogP contribution in [0.3, 0.4) is 0 Å². The van der Waals surface area contributed by atoms with Crippen LogP contribution in [0.2, 0.25) is 0 Å². The number of hydrogen-bond donors (Lipinski definition) is 1. The molecule has 0 aromatic heterocycles. The van der Waals surface area contributed by atoms with Gasteiger partial charge in [0.05, 0.1) is 0 Å². The van der Waals surface area contributed by atoms with E-state index in [0.717, 1.165) is 23.6 Å². The fourth-order valence-electron chi connectivity index (χ4n) is 3.43. The molecular weight excluding hydrogens is 302 g/mol. The molecule has 3 rings (SSSR count). The van der Waals surface area contributed by atoms with Crippen LogP contribution in [-0.4, -0.2) is 37.1 Å². The van der Waals surface area contributed by atoms with Crippen molar-refractivity contribution in [2.24, 2.45) is 5.73 Å². The van der Waals surface area contributed by atoms with E-state index in [1.165, 1.54) is 43.6 Å². The van der Waals surface area contributed by atoms with Crippen molar-refractivity contribution < 1.29 is 0 Å². The predicted molar refractivity (Wildman–Crippen MR) is 83.5 cm³/mol. The number of rotatable bonds is 2. The van der Waals surface area contributed by atoms with Crippen molar-refractivity contribution >= 4 is 21.6 Å². The molecule has 2 heterocycles. The molecule has 2 saturated heterocycles. The Hall–Kier alpha value is -0.580. The molecule has 0 amide bonds. The van der Waals surface area contributed by atoms with E-state index >= 15 is 0 Å². The number of halogens is 1. The zero-order valence-electron chi connectivity index (χ0n) is 11.3. The van der Waals surface area contributed by atoms with Gasteiger partial charge in [0.1, 0.15) is 0 Å². The topological polar surface area (TPSA) is 32.5 Å². The lowest BCUT2D eigenvalue weighted by molar-refractivity contribution is 0.273. The maximum Gasteiger partial charge on any atom is 0.0423 e. The second-order valence-electron chi connectivity index (χ2n) is 5.61. The van der Waals surface area contributed by atoms with Gasteiger partial charge in [-0.05, 0) is 43.5 Å².